The van der Waals surface area contributed by atoms with Crippen LogP contribution >= 0.6 is 0 Å². The lowest BCUT2D eigenvalue weighted by molar-refractivity contribution is 0.185. The van der Waals surface area contributed by atoms with Crippen LogP contribution in [0.5, 0.6) is 0 Å². The van der Waals surface area contributed by atoms with Crippen LogP contribution in [0.3, 0.4) is 0 Å². The zero-order valence-corrected chi connectivity index (χ0v) is 14.8. The third-order valence-electron chi connectivity index (χ3n) is 3.68. The average molecular weight is 333 g/mol. The minimum absolute atomic E-state index is 0.251. The number of methoxy groups -OCH3 is 1. The molecule has 124 valence electrons. The number of hydrogen-bond acceptors (Lipinski definition) is 3. The van der Waals surface area contributed by atoms with Gasteiger partial charge in [0.2, 0.25) is 0 Å². The maximum Gasteiger partial charge on any atom is 0.261 e. The molecule has 2 aromatic carbocycles. The molecule has 0 radical (unpaired) electrons. The van der Waals surface area contributed by atoms with E-state index in [1.165, 1.54) is 0 Å². The second-order valence-electron chi connectivity index (χ2n) is 5.92. The van der Waals surface area contributed by atoms with Crippen LogP contribution in [0, 0.1) is 6.92 Å². The maximum atomic E-state index is 12.6. The molecule has 0 saturated carbocycles. The van der Waals surface area contributed by atoms with Crippen molar-refractivity contribution >= 4 is 15.7 Å². The first kappa shape index (κ1) is 17.5. The summed E-state index contributed by atoms with van der Waals surface area (Å²) in [5.74, 6) is 0.314. The second-order valence-corrected chi connectivity index (χ2v) is 7.61. The molecule has 0 bridgehead atoms. The highest BCUT2D eigenvalue weighted by molar-refractivity contribution is 7.92. The summed E-state index contributed by atoms with van der Waals surface area (Å²) in [6, 6.07) is 12.6. The lowest BCUT2D eigenvalue weighted by Gasteiger charge is -2.15. The van der Waals surface area contributed by atoms with Gasteiger partial charge in [0.15, 0.2) is 0 Å². The summed E-state index contributed by atoms with van der Waals surface area (Å²) in [6.45, 7) is 6.42. The molecule has 0 aliphatic carbocycles. The monoisotopic (exact) mass is 333 g/mol. The molecule has 0 unspecified atom stereocenters. The average Bonchev–Trinajstić information content (AvgIpc) is 2.49. The van der Waals surface area contributed by atoms with Gasteiger partial charge in [0.25, 0.3) is 10.0 Å². The number of benzene rings is 2. The topological polar surface area (TPSA) is 55.4 Å². The molecule has 0 aliphatic rings. The Labute approximate surface area is 138 Å². The van der Waals surface area contributed by atoms with E-state index in [1.54, 1.807) is 31.4 Å². The Morgan fingerprint density at radius 3 is 2.30 bits per heavy atom. The predicted molar refractivity (Wildman–Crippen MR) is 93.2 cm³/mol. The number of rotatable bonds is 6. The lowest BCUT2D eigenvalue weighted by Crippen LogP contribution is -2.15. The summed E-state index contributed by atoms with van der Waals surface area (Å²) in [4.78, 5) is 0.251. The highest BCUT2D eigenvalue weighted by Crippen LogP contribution is 2.26. The van der Waals surface area contributed by atoms with Crippen molar-refractivity contribution in [1.82, 2.24) is 0 Å². The third-order valence-corrected chi connectivity index (χ3v) is 5.06. The third kappa shape index (κ3) is 4.33. The molecule has 1 N–H and O–H groups in total. The number of sulfonamides is 1. The van der Waals surface area contributed by atoms with Gasteiger partial charge in [-0.2, -0.15) is 0 Å². The minimum atomic E-state index is -3.62. The van der Waals surface area contributed by atoms with Crippen LogP contribution in [0.4, 0.5) is 5.69 Å². The zero-order valence-electron chi connectivity index (χ0n) is 14.0. The van der Waals surface area contributed by atoms with Crippen molar-refractivity contribution in [3.63, 3.8) is 0 Å². The highest BCUT2D eigenvalue weighted by Gasteiger charge is 2.16. The summed E-state index contributed by atoms with van der Waals surface area (Å²) in [5.41, 5.74) is 3.48. The van der Waals surface area contributed by atoms with Crippen molar-refractivity contribution in [2.75, 3.05) is 11.8 Å². The van der Waals surface area contributed by atoms with E-state index >= 15 is 0 Å². The molecule has 0 amide bonds. The van der Waals surface area contributed by atoms with Crippen LogP contribution in [0.2, 0.25) is 0 Å². The highest BCUT2D eigenvalue weighted by atomic mass is 32.2. The molecule has 0 spiro atoms. The summed E-state index contributed by atoms with van der Waals surface area (Å²) in [5, 5.41) is 0. The van der Waals surface area contributed by atoms with Gasteiger partial charge in [0.05, 0.1) is 17.2 Å². The largest absolute Gasteiger partial charge is 0.380 e. The SMILES string of the molecule is COCc1ccc(C(C)C)cc1NS(=O)(=O)c1ccc(C)cc1. The molecular formula is C18H23NO3S. The van der Waals surface area contributed by atoms with Gasteiger partial charge in [0, 0.05) is 12.7 Å². The van der Waals surface area contributed by atoms with Crippen molar-refractivity contribution in [2.45, 2.75) is 38.2 Å². The van der Waals surface area contributed by atoms with Crippen molar-refractivity contribution in [1.29, 1.82) is 0 Å². The zero-order chi connectivity index (χ0) is 17.0. The Kier molecular flexibility index (Phi) is 5.44. The number of anilines is 1. The van der Waals surface area contributed by atoms with E-state index in [1.807, 2.05) is 25.1 Å². The summed E-state index contributed by atoms with van der Waals surface area (Å²) >= 11 is 0. The van der Waals surface area contributed by atoms with Crippen LogP contribution in [0.1, 0.15) is 36.5 Å². The van der Waals surface area contributed by atoms with Crippen molar-refractivity contribution in [3.8, 4) is 0 Å². The Morgan fingerprint density at radius 1 is 1.09 bits per heavy atom. The van der Waals surface area contributed by atoms with E-state index in [9.17, 15) is 8.42 Å². The smallest absolute Gasteiger partial charge is 0.261 e. The van der Waals surface area contributed by atoms with Gasteiger partial charge in [-0.05, 0) is 36.6 Å². The molecule has 0 fully saturated rings. The number of aryl methyl sites for hydroxylation is 1. The fourth-order valence-electron chi connectivity index (χ4n) is 2.25. The molecule has 0 atom stereocenters. The van der Waals surface area contributed by atoms with Crippen molar-refractivity contribution < 1.29 is 13.2 Å². The van der Waals surface area contributed by atoms with Gasteiger partial charge in [0.1, 0.15) is 0 Å². The van der Waals surface area contributed by atoms with E-state index in [0.29, 0.717) is 18.2 Å². The Hall–Kier alpha value is -1.85. The molecule has 2 aromatic rings. The van der Waals surface area contributed by atoms with E-state index in [-0.39, 0.29) is 4.90 Å². The van der Waals surface area contributed by atoms with Gasteiger partial charge in [-0.1, -0.05) is 43.7 Å². The normalized spacial score (nSPS) is 11.7. The lowest BCUT2D eigenvalue weighted by atomic mass is 10.0. The van der Waals surface area contributed by atoms with E-state index < -0.39 is 10.0 Å². The first-order valence-corrected chi connectivity index (χ1v) is 9.03. The Balaban J connectivity index is 2.40. The maximum absolute atomic E-state index is 12.6. The second kappa shape index (κ2) is 7.15. The van der Waals surface area contributed by atoms with Crippen molar-refractivity contribution in [3.05, 3.63) is 59.2 Å². The van der Waals surface area contributed by atoms with Gasteiger partial charge in [-0.15, -0.1) is 0 Å². The van der Waals surface area contributed by atoms with Crippen molar-refractivity contribution in [2.24, 2.45) is 0 Å². The van der Waals surface area contributed by atoms with E-state index in [2.05, 4.69) is 18.6 Å². The molecule has 5 heteroatoms. The number of ether oxygens (including phenoxy) is 1. The van der Waals surface area contributed by atoms with Gasteiger partial charge >= 0.3 is 0 Å². The predicted octanol–water partition coefficient (Wildman–Crippen LogP) is 4.07. The summed E-state index contributed by atoms with van der Waals surface area (Å²) in [6.07, 6.45) is 0. The Bertz CT molecular complexity index is 765. The molecule has 4 nitrogen and oxygen atoms in total. The van der Waals surface area contributed by atoms with Crippen LogP contribution in [-0.2, 0) is 21.4 Å². The molecule has 0 saturated heterocycles. The molecular weight excluding hydrogens is 310 g/mol. The standard InChI is InChI=1S/C18H23NO3S/c1-13(2)15-7-8-16(12-22-4)18(11-15)19-23(20,21)17-9-5-14(3)6-10-17/h5-11,13,19H,12H2,1-4H3. The van der Waals surface area contributed by atoms with Crippen LogP contribution < -0.4 is 4.72 Å². The quantitative estimate of drug-likeness (QED) is 0.867. The Morgan fingerprint density at radius 2 is 1.74 bits per heavy atom. The minimum Gasteiger partial charge on any atom is -0.380 e. The first-order valence-electron chi connectivity index (χ1n) is 7.54. The van der Waals surface area contributed by atoms with E-state index in [0.717, 1.165) is 16.7 Å². The van der Waals surface area contributed by atoms with Crippen LogP contribution in [-0.4, -0.2) is 15.5 Å². The van der Waals surface area contributed by atoms with Gasteiger partial charge in [-0.25, -0.2) is 8.42 Å². The van der Waals surface area contributed by atoms with Gasteiger partial charge in [-0.3, -0.25) is 4.72 Å². The summed E-state index contributed by atoms with van der Waals surface area (Å²) < 4.78 is 33.1. The van der Waals surface area contributed by atoms with Gasteiger partial charge < -0.3 is 4.74 Å². The fraction of sp³-hybridized carbons (Fsp3) is 0.333. The van der Waals surface area contributed by atoms with Crippen LogP contribution in [0.15, 0.2) is 47.4 Å². The molecule has 0 aliphatic heterocycles. The first-order chi connectivity index (χ1) is 10.8. The molecule has 23 heavy (non-hydrogen) atoms. The van der Waals surface area contributed by atoms with E-state index in [4.69, 9.17) is 4.74 Å². The molecule has 2 rings (SSSR count). The summed E-state index contributed by atoms with van der Waals surface area (Å²) in [7, 11) is -2.03. The number of hydrogen-bond donors (Lipinski definition) is 1. The fourth-order valence-corrected chi connectivity index (χ4v) is 3.34. The number of nitrogens with one attached hydrogen (secondary N) is 1. The molecule has 0 heterocycles. The molecule has 0 aromatic heterocycles. The van der Waals surface area contributed by atoms with Crippen LogP contribution in [0.25, 0.3) is 0 Å².